The van der Waals surface area contributed by atoms with Crippen LogP contribution in [0.2, 0.25) is 0 Å². The third-order valence-corrected chi connectivity index (χ3v) is 3.42. The Morgan fingerprint density at radius 2 is 2.06 bits per heavy atom. The second-order valence-electron chi connectivity index (χ2n) is 3.65. The number of anilines is 1. The molecule has 0 aliphatic heterocycles. The molecule has 3 N–H and O–H groups in total. The molecule has 90 valence electrons. The van der Waals surface area contributed by atoms with E-state index >= 15 is 0 Å². The number of nitrogens with one attached hydrogen (secondary N) is 1. The number of aromatic nitrogens is 3. The monoisotopic (exact) mass is 257 g/mol. The molecule has 0 amide bonds. The van der Waals surface area contributed by atoms with Gasteiger partial charge in [0, 0.05) is 17.3 Å². The van der Waals surface area contributed by atoms with Crippen molar-refractivity contribution in [3.63, 3.8) is 0 Å². The summed E-state index contributed by atoms with van der Waals surface area (Å²) in [5.74, 6) is 6.03. The molecule has 0 saturated heterocycles. The molecular formula is C12H11N5S. The zero-order valence-corrected chi connectivity index (χ0v) is 10.3. The Morgan fingerprint density at radius 3 is 2.83 bits per heavy atom. The Labute approximate surface area is 108 Å². The molecule has 2 aromatic heterocycles. The van der Waals surface area contributed by atoms with E-state index in [0.29, 0.717) is 5.82 Å². The minimum absolute atomic E-state index is 0.610. The van der Waals surface area contributed by atoms with Gasteiger partial charge in [0.15, 0.2) is 11.5 Å². The number of nitrogen functional groups attached to an aromatic ring is 1. The van der Waals surface area contributed by atoms with E-state index < -0.39 is 0 Å². The van der Waals surface area contributed by atoms with E-state index in [0.717, 1.165) is 15.6 Å². The predicted molar refractivity (Wildman–Crippen MR) is 71.4 cm³/mol. The number of imidazole rings is 1. The molecule has 5 nitrogen and oxygen atoms in total. The first kappa shape index (κ1) is 11.1. The Morgan fingerprint density at radius 1 is 1.22 bits per heavy atom. The lowest BCUT2D eigenvalue weighted by Crippen LogP contribution is -2.10. The molecule has 0 bridgehead atoms. The molecule has 0 radical (unpaired) electrons. The lowest BCUT2D eigenvalue weighted by atomic mass is 10.4. The smallest absolute Gasteiger partial charge is 0.170 e. The summed E-state index contributed by atoms with van der Waals surface area (Å²) in [4.78, 5) is 9.85. The van der Waals surface area contributed by atoms with Crippen LogP contribution < -0.4 is 11.3 Å². The predicted octanol–water partition coefficient (Wildman–Crippen LogP) is 2.17. The van der Waals surface area contributed by atoms with Crippen molar-refractivity contribution in [1.82, 2.24) is 14.4 Å². The van der Waals surface area contributed by atoms with Crippen molar-refractivity contribution in [2.24, 2.45) is 5.84 Å². The van der Waals surface area contributed by atoms with Crippen molar-refractivity contribution < 1.29 is 0 Å². The van der Waals surface area contributed by atoms with Crippen LogP contribution >= 0.6 is 11.8 Å². The van der Waals surface area contributed by atoms with Crippen LogP contribution in [-0.4, -0.2) is 14.4 Å². The molecule has 3 aromatic rings. The quantitative estimate of drug-likeness (QED) is 0.556. The maximum absolute atomic E-state index is 5.42. The maximum atomic E-state index is 5.42. The minimum atomic E-state index is 0.610. The summed E-state index contributed by atoms with van der Waals surface area (Å²) in [7, 11) is 0. The summed E-state index contributed by atoms with van der Waals surface area (Å²) in [5.41, 5.74) is 3.38. The molecule has 0 unspecified atom stereocenters. The number of fused-ring (bicyclic) bond motifs is 1. The fraction of sp³-hybridized carbons (Fsp3) is 0. The van der Waals surface area contributed by atoms with Gasteiger partial charge in [-0.05, 0) is 12.1 Å². The lowest BCUT2D eigenvalue weighted by molar-refractivity contribution is 1.02. The fourth-order valence-corrected chi connectivity index (χ4v) is 2.55. The number of rotatable bonds is 3. The second kappa shape index (κ2) is 4.67. The topological polar surface area (TPSA) is 68.2 Å². The Kier molecular flexibility index (Phi) is 2.87. The van der Waals surface area contributed by atoms with Gasteiger partial charge in [-0.25, -0.2) is 15.8 Å². The van der Waals surface area contributed by atoms with E-state index in [1.807, 2.05) is 40.9 Å². The summed E-state index contributed by atoms with van der Waals surface area (Å²) >= 11 is 1.56. The van der Waals surface area contributed by atoms with Crippen LogP contribution in [0.1, 0.15) is 0 Å². The molecule has 0 atom stereocenters. The molecular weight excluding hydrogens is 246 g/mol. The second-order valence-corrected chi connectivity index (χ2v) is 4.71. The molecule has 3 rings (SSSR count). The SMILES string of the molecule is NNc1cn2ccnc2c(Sc2ccccc2)n1. The molecule has 0 aliphatic carbocycles. The maximum Gasteiger partial charge on any atom is 0.170 e. The first-order valence-corrected chi connectivity index (χ1v) is 6.22. The number of hydrogen-bond acceptors (Lipinski definition) is 5. The molecule has 2 heterocycles. The van der Waals surface area contributed by atoms with Crippen LogP contribution in [-0.2, 0) is 0 Å². The fourth-order valence-electron chi connectivity index (χ4n) is 1.64. The van der Waals surface area contributed by atoms with E-state index in [4.69, 9.17) is 5.84 Å². The zero-order valence-electron chi connectivity index (χ0n) is 9.45. The summed E-state index contributed by atoms with van der Waals surface area (Å²) in [6, 6.07) is 10.1. The average Bonchev–Trinajstić information content (AvgIpc) is 2.88. The molecule has 0 aliphatic rings. The van der Waals surface area contributed by atoms with Gasteiger partial charge < -0.3 is 9.83 Å². The van der Waals surface area contributed by atoms with E-state index in [9.17, 15) is 0 Å². The van der Waals surface area contributed by atoms with Crippen molar-refractivity contribution in [3.05, 3.63) is 48.9 Å². The van der Waals surface area contributed by atoms with Crippen LogP contribution in [0.4, 0.5) is 5.82 Å². The highest BCUT2D eigenvalue weighted by molar-refractivity contribution is 7.99. The van der Waals surface area contributed by atoms with Gasteiger partial charge in [0.25, 0.3) is 0 Å². The summed E-state index contributed by atoms with van der Waals surface area (Å²) < 4.78 is 1.90. The van der Waals surface area contributed by atoms with Crippen molar-refractivity contribution in [2.75, 3.05) is 5.43 Å². The van der Waals surface area contributed by atoms with Gasteiger partial charge >= 0.3 is 0 Å². The van der Waals surface area contributed by atoms with Gasteiger partial charge in [-0.1, -0.05) is 30.0 Å². The molecule has 18 heavy (non-hydrogen) atoms. The van der Waals surface area contributed by atoms with Crippen molar-refractivity contribution in [2.45, 2.75) is 9.92 Å². The van der Waals surface area contributed by atoms with Gasteiger partial charge in [0.1, 0.15) is 5.03 Å². The lowest BCUT2D eigenvalue weighted by Gasteiger charge is -2.06. The van der Waals surface area contributed by atoms with Crippen LogP contribution in [0.3, 0.4) is 0 Å². The van der Waals surface area contributed by atoms with E-state index in [2.05, 4.69) is 15.4 Å². The molecule has 0 fully saturated rings. The van der Waals surface area contributed by atoms with Gasteiger partial charge in [-0.2, -0.15) is 0 Å². The molecule has 1 aromatic carbocycles. The third kappa shape index (κ3) is 2.03. The summed E-state index contributed by atoms with van der Waals surface area (Å²) in [6.07, 6.45) is 5.41. The van der Waals surface area contributed by atoms with Gasteiger partial charge in [0.05, 0.1) is 6.20 Å². The van der Waals surface area contributed by atoms with E-state index in [-0.39, 0.29) is 0 Å². The van der Waals surface area contributed by atoms with Crippen LogP contribution in [0.25, 0.3) is 5.65 Å². The highest BCUT2D eigenvalue weighted by atomic mass is 32.2. The number of hydrazine groups is 1. The average molecular weight is 257 g/mol. The third-order valence-electron chi connectivity index (χ3n) is 2.45. The largest absolute Gasteiger partial charge is 0.307 e. The Hall–Kier alpha value is -2.05. The Bertz CT molecular complexity index is 665. The van der Waals surface area contributed by atoms with Gasteiger partial charge in [0.2, 0.25) is 0 Å². The Balaban J connectivity index is 2.07. The standard InChI is InChI=1S/C12H11N5S/c13-16-10-8-17-7-6-14-11(17)12(15-10)18-9-4-2-1-3-5-9/h1-8,16H,13H2. The summed E-state index contributed by atoms with van der Waals surface area (Å²) in [5, 5.41) is 0.821. The molecule has 6 heteroatoms. The number of benzene rings is 1. The van der Waals surface area contributed by atoms with Crippen LogP contribution in [0.15, 0.2) is 58.8 Å². The number of nitrogens with zero attached hydrogens (tertiary/aromatic N) is 3. The first-order chi connectivity index (χ1) is 8.86. The zero-order chi connectivity index (χ0) is 12.4. The van der Waals surface area contributed by atoms with Crippen molar-refractivity contribution in [3.8, 4) is 0 Å². The number of nitrogens with two attached hydrogens (primary N) is 1. The highest BCUT2D eigenvalue weighted by Gasteiger charge is 2.08. The minimum Gasteiger partial charge on any atom is -0.307 e. The van der Waals surface area contributed by atoms with Crippen LogP contribution in [0, 0.1) is 0 Å². The molecule has 0 saturated carbocycles. The van der Waals surface area contributed by atoms with Crippen molar-refractivity contribution >= 4 is 23.2 Å². The summed E-state index contributed by atoms with van der Waals surface area (Å²) in [6.45, 7) is 0. The van der Waals surface area contributed by atoms with Gasteiger partial charge in [-0.3, -0.25) is 0 Å². The van der Waals surface area contributed by atoms with E-state index in [1.165, 1.54) is 0 Å². The van der Waals surface area contributed by atoms with E-state index in [1.54, 1.807) is 24.2 Å². The first-order valence-electron chi connectivity index (χ1n) is 5.40. The van der Waals surface area contributed by atoms with Crippen LogP contribution in [0.5, 0.6) is 0 Å². The normalized spacial score (nSPS) is 10.7. The highest BCUT2D eigenvalue weighted by Crippen LogP contribution is 2.29. The number of hydrogen-bond donors (Lipinski definition) is 2. The molecule has 0 spiro atoms. The van der Waals surface area contributed by atoms with Gasteiger partial charge in [-0.15, -0.1) is 0 Å². The van der Waals surface area contributed by atoms with Crippen molar-refractivity contribution in [1.29, 1.82) is 0 Å².